The van der Waals surface area contributed by atoms with Crippen LogP contribution in [0.15, 0.2) is 41.7 Å². The molecule has 0 radical (unpaired) electrons. The van der Waals surface area contributed by atoms with Crippen LogP contribution in [0.5, 0.6) is 0 Å². The number of aromatic amines is 1. The quantitative estimate of drug-likeness (QED) is 0.265. The van der Waals surface area contributed by atoms with Gasteiger partial charge in [-0.05, 0) is 55.9 Å². The number of piperidine rings is 1. The number of fused-ring (bicyclic) bond motifs is 1. The number of H-pyrrole nitrogens is 1. The van der Waals surface area contributed by atoms with Crippen molar-refractivity contribution in [1.29, 1.82) is 0 Å². The summed E-state index contributed by atoms with van der Waals surface area (Å²) in [5.41, 5.74) is -0.0460. The predicted molar refractivity (Wildman–Crippen MR) is 150 cm³/mol. The molecule has 3 aromatic rings. The maximum atomic E-state index is 13.7. The van der Waals surface area contributed by atoms with E-state index in [2.05, 4.69) is 22.1 Å². The third kappa shape index (κ3) is 5.35. The number of pyridine rings is 1. The summed E-state index contributed by atoms with van der Waals surface area (Å²) in [6.45, 7) is 6.30. The summed E-state index contributed by atoms with van der Waals surface area (Å²) in [4.78, 5) is 31.4. The van der Waals surface area contributed by atoms with Gasteiger partial charge in [-0.1, -0.05) is 31.1 Å². The van der Waals surface area contributed by atoms with Crippen molar-refractivity contribution < 1.29 is 22.7 Å². The molecule has 0 bridgehead atoms. The summed E-state index contributed by atoms with van der Waals surface area (Å²) < 4.78 is 47.1. The normalized spacial score (nSPS) is 18.4. The number of nitrogens with one attached hydrogen (secondary N) is 2. The van der Waals surface area contributed by atoms with Crippen molar-refractivity contribution >= 4 is 23.0 Å². The summed E-state index contributed by atoms with van der Waals surface area (Å²) in [7, 11) is 1.62. The molecule has 0 unspecified atom stereocenters. The second-order valence-electron chi connectivity index (χ2n) is 10.9. The third-order valence-corrected chi connectivity index (χ3v) is 8.70. The topological polar surface area (TPSA) is 100 Å². The fourth-order valence-corrected chi connectivity index (χ4v) is 6.32. The molecule has 1 saturated heterocycles. The highest BCUT2D eigenvalue weighted by molar-refractivity contribution is 5.93. The van der Waals surface area contributed by atoms with Gasteiger partial charge in [-0.2, -0.15) is 18.3 Å². The number of carbonyl (C=O) groups is 1. The molecule has 1 aliphatic heterocycles. The summed E-state index contributed by atoms with van der Waals surface area (Å²) >= 11 is 0. The minimum absolute atomic E-state index is 0.0821. The number of carbonyl (C=O) groups excluding carboxylic acids is 1. The van der Waals surface area contributed by atoms with Crippen LogP contribution in [0.2, 0.25) is 0 Å². The highest BCUT2D eigenvalue weighted by Gasteiger charge is 2.39. The Labute approximate surface area is 236 Å². The number of likely N-dealkylation sites (tertiary alicyclic amines) is 1. The van der Waals surface area contributed by atoms with E-state index in [1.165, 1.54) is 19.1 Å². The summed E-state index contributed by atoms with van der Waals surface area (Å²) in [6, 6.07) is 5.12. The molecule has 0 spiro atoms. The summed E-state index contributed by atoms with van der Waals surface area (Å²) in [5, 5.41) is 11.1. The Morgan fingerprint density at radius 1 is 1.24 bits per heavy atom. The van der Waals surface area contributed by atoms with Gasteiger partial charge in [0.2, 0.25) is 6.41 Å². The number of halogens is 3. The Morgan fingerprint density at radius 3 is 2.56 bits per heavy atom. The molecule has 11 heteroatoms. The van der Waals surface area contributed by atoms with Crippen molar-refractivity contribution in [1.82, 2.24) is 20.1 Å². The lowest BCUT2D eigenvalue weighted by molar-refractivity contribution is -0.138. The number of aromatic nitrogens is 3. The first kappa shape index (κ1) is 28.8. The van der Waals surface area contributed by atoms with E-state index in [0.717, 1.165) is 38.2 Å². The molecule has 1 aromatic carbocycles. The van der Waals surface area contributed by atoms with Gasteiger partial charge >= 0.3 is 6.18 Å². The van der Waals surface area contributed by atoms with E-state index in [1.54, 1.807) is 24.1 Å². The zero-order valence-electron chi connectivity index (χ0n) is 23.2. The monoisotopic (exact) mass is 569 g/mol. The van der Waals surface area contributed by atoms with Gasteiger partial charge in [0.1, 0.15) is 5.60 Å². The fraction of sp³-hybridized carbons (Fsp3) is 0.467. The number of amides is 1. The zero-order chi connectivity index (χ0) is 29.4. The van der Waals surface area contributed by atoms with Crippen molar-refractivity contribution in [2.45, 2.75) is 69.2 Å². The van der Waals surface area contributed by atoms with Crippen LogP contribution in [0, 0.1) is 6.92 Å². The molecule has 8 nitrogen and oxygen atoms in total. The average Bonchev–Trinajstić information content (AvgIpc) is 3.51. The minimum atomic E-state index is -4.50. The second-order valence-corrected chi connectivity index (χ2v) is 10.9. The number of methoxy groups -OCH3 is 1. The maximum absolute atomic E-state index is 13.7. The van der Waals surface area contributed by atoms with E-state index in [-0.39, 0.29) is 17.0 Å². The van der Waals surface area contributed by atoms with Crippen molar-refractivity contribution in [3.05, 3.63) is 75.4 Å². The largest absolute Gasteiger partial charge is 0.416 e. The molecule has 3 heterocycles. The van der Waals surface area contributed by atoms with E-state index in [0.29, 0.717) is 59.5 Å². The minimum Gasteiger partial charge on any atom is -0.372 e. The standard InChI is InChI=1S/C30H34F3N5O3/c1-4-23(20-10-7-11-22(18(20)2)30(31,32)33)34-27-21-16-24(29(41-3)12-14-38(17-39)15-13-29)35-26(19-8-5-6-9-19)25(21)28(40)37-36-27/h4,7,10-11,16-17,19,23H,1,5-6,8-9,12-15H2,2-3H3,(H,34,36)(H,37,40)/t23-/m1/s1. The summed E-state index contributed by atoms with van der Waals surface area (Å²) in [6.07, 6.45) is 2.76. The fourth-order valence-electron chi connectivity index (χ4n) is 6.32. The number of anilines is 1. The van der Waals surface area contributed by atoms with Gasteiger partial charge in [-0.25, -0.2) is 5.10 Å². The van der Waals surface area contributed by atoms with Crippen LogP contribution in [-0.2, 0) is 21.3 Å². The molecule has 1 atom stereocenters. The highest BCUT2D eigenvalue weighted by Crippen LogP contribution is 2.42. The molecule has 1 aliphatic carbocycles. The second kappa shape index (κ2) is 11.3. The van der Waals surface area contributed by atoms with Crippen molar-refractivity contribution in [2.24, 2.45) is 0 Å². The molecule has 2 aliphatic rings. The molecule has 5 rings (SSSR count). The first-order valence-corrected chi connectivity index (χ1v) is 13.9. The van der Waals surface area contributed by atoms with Crippen LogP contribution in [-0.4, -0.2) is 46.7 Å². The number of nitrogens with zero attached hydrogens (tertiary/aromatic N) is 3. The molecule has 1 amide bonds. The Kier molecular flexibility index (Phi) is 7.91. The van der Waals surface area contributed by atoms with Gasteiger partial charge in [-0.15, -0.1) is 6.58 Å². The van der Waals surface area contributed by atoms with Gasteiger partial charge in [0.25, 0.3) is 5.56 Å². The lowest BCUT2D eigenvalue weighted by atomic mass is 9.86. The lowest BCUT2D eigenvalue weighted by Crippen LogP contribution is -2.43. The van der Waals surface area contributed by atoms with Gasteiger partial charge < -0.3 is 15.0 Å². The first-order chi connectivity index (χ1) is 19.6. The Hall–Kier alpha value is -3.73. The van der Waals surface area contributed by atoms with Crippen LogP contribution < -0.4 is 10.9 Å². The molecule has 2 N–H and O–H groups in total. The lowest BCUT2D eigenvalue weighted by Gasteiger charge is -2.39. The number of benzene rings is 1. The Bertz CT molecular complexity index is 1510. The number of ether oxygens (including phenoxy) is 1. The predicted octanol–water partition coefficient (Wildman–Crippen LogP) is 5.74. The van der Waals surface area contributed by atoms with E-state index in [9.17, 15) is 22.8 Å². The molecule has 2 fully saturated rings. The first-order valence-electron chi connectivity index (χ1n) is 13.9. The number of hydrogen-bond acceptors (Lipinski definition) is 6. The molecule has 218 valence electrons. The van der Waals surface area contributed by atoms with Crippen molar-refractivity contribution in [2.75, 3.05) is 25.5 Å². The van der Waals surface area contributed by atoms with Gasteiger partial charge in [0.05, 0.1) is 28.4 Å². The van der Waals surface area contributed by atoms with Gasteiger partial charge in [-0.3, -0.25) is 14.6 Å². The van der Waals surface area contributed by atoms with E-state index < -0.39 is 23.4 Å². The van der Waals surface area contributed by atoms with E-state index in [1.807, 2.05) is 0 Å². The van der Waals surface area contributed by atoms with Crippen LogP contribution in [0.3, 0.4) is 0 Å². The highest BCUT2D eigenvalue weighted by atomic mass is 19.4. The van der Waals surface area contributed by atoms with Crippen molar-refractivity contribution in [3.8, 4) is 0 Å². The zero-order valence-corrected chi connectivity index (χ0v) is 23.2. The van der Waals surface area contributed by atoms with E-state index >= 15 is 0 Å². The summed E-state index contributed by atoms with van der Waals surface area (Å²) in [5.74, 6) is 0.388. The van der Waals surface area contributed by atoms with Crippen LogP contribution in [0.1, 0.15) is 78.6 Å². The molecular formula is C30H34F3N5O3. The van der Waals surface area contributed by atoms with Crippen LogP contribution in [0.4, 0.5) is 19.0 Å². The average molecular weight is 570 g/mol. The third-order valence-electron chi connectivity index (χ3n) is 8.70. The number of alkyl halides is 3. The van der Waals surface area contributed by atoms with Gasteiger partial charge in [0.15, 0.2) is 5.82 Å². The molecule has 41 heavy (non-hydrogen) atoms. The van der Waals surface area contributed by atoms with Crippen LogP contribution >= 0.6 is 0 Å². The maximum Gasteiger partial charge on any atom is 0.416 e. The van der Waals surface area contributed by atoms with Crippen LogP contribution in [0.25, 0.3) is 10.8 Å². The molecule has 2 aromatic heterocycles. The Balaban J connectivity index is 1.66. The number of hydrogen-bond donors (Lipinski definition) is 2. The van der Waals surface area contributed by atoms with E-state index in [4.69, 9.17) is 9.72 Å². The smallest absolute Gasteiger partial charge is 0.372 e. The SMILES string of the molecule is C=C[C@@H](Nc1n[nH]c(=O)c2c(C3CCCC3)nc(C3(OC)CCN(C=O)CC3)cc12)c1cccc(C(F)(F)F)c1C. The molecular weight excluding hydrogens is 535 g/mol. The van der Waals surface area contributed by atoms with Crippen molar-refractivity contribution in [3.63, 3.8) is 0 Å². The van der Waals surface area contributed by atoms with Gasteiger partial charge in [0, 0.05) is 31.5 Å². The molecule has 1 saturated carbocycles. The Morgan fingerprint density at radius 2 is 1.95 bits per heavy atom. The number of rotatable bonds is 8.